The smallest absolute Gasteiger partial charge is 0.244 e. The van der Waals surface area contributed by atoms with Gasteiger partial charge < -0.3 is 20.7 Å². The lowest BCUT2D eigenvalue weighted by molar-refractivity contribution is -0.119. The van der Waals surface area contributed by atoms with Crippen LogP contribution in [0.25, 0.3) is 22.2 Å². The van der Waals surface area contributed by atoms with Crippen LogP contribution in [0.3, 0.4) is 0 Å². The van der Waals surface area contributed by atoms with Crippen molar-refractivity contribution in [3.63, 3.8) is 0 Å². The van der Waals surface area contributed by atoms with Crippen LogP contribution >= 0.6 is 0 Å². The highest BCUT2D eigenvalue weighted by molar-refractivity contribution is 5.96. The molecular weight excluding hydrogens is 447 g/mol. The van der Waals surface area contributed by atoms with Gasteiger partial charge in [-0.1, -0.05) is 0 Å². The molecule has 4 heterocycles. The Balaban J connectivity index is 1.56. The number of anilines is 2. The summed E-state index contributed by atoms with van der Waals surface area (Å²) < 4.78 is 19.9. The van der Waals surface area contributed by atoms with Crippen LogP contribution in [-0.2, 0) is 4.79 Å². The minimum atomic E-state index is -0.610. The summed E-state index contributed by atoms with van der Waals surface area (Å²) >= 11 is 0. The molecule has 0 spiro atoms. The van der Waals surface area contributed by atoms with Crippen LogP contribution < -0.4 is 25.6 Å². The number of carbonyl (C=O) groups is 1. The molecule has 184 valence electrons. The SMILES string of the molecule is COc1cc2nc(-c3ccc(N(C)C(=O)C(C)N)nc3)cc(N3CC4CCNCC4C3)c2cc1F. The summed E-state index contributed by atoms with van der Waals surface area (Å²) in [4.78, 5) is 25.3. The molecule has 3 aromatic rings. The Kier molecular flexibility index (Phi) is 6.29. The first-order valence-corrected chi connectivity index (χ1v) is 12.0. The van der Waals surface area contributed by atoms with E-state index < -0.39 is 11.9 Å². The Morgan fingerprint density at radius 2 is 2.09 bits per heavy atom. The molecule has 2 fully saturated rings. The summed E-state index contributed by atoms with van der Waals surface area (Å²) in [6.07, 6.45) is 2.85. The summed E-state index contributed by atoms with van der Waals surface area (Å²) in [5, 5.41) is 4.27. The number of methoxy groups -OCH3 is 1. The Bertz CT molecular complexity index is 1230. The molecule has 0 aliphatic carbocycles. The number of nitrogens with two attached hydrogens (primary N) is 1. The van der Waals surface area contributed by atoms with Gasteiger partial charge in [0.15, 0.2) is 11.6 Å². The largest absolute Gasteiger partial charge is 0.494 e. The van der Waals surface area contributed by atoms with E-state index in [1.54, 1.807) is 32.3 Å². The summed E-state index contributed by atoms with van der Waals surface area (Å²) in [6, 6.07) is 8.26. The third-order valence-electron chi connectivity index (χ3n) is 7.18. The number of nitrogens with one attached hydrogen (secondary N) is 1. The third-order valence-corrected chi connectivity index (χ3v) is 7.18. The van der Waals surface area contributed by atoms with Crippen LogP contribution in [0.4, 0.5) is 15.9 Å². The van der Waals surface area contributed by atoms with E-state index in [4.69, 9.17) is 15.5 Å². The van der Waals surface area contributed by atoms with Gasteiger partial charge in [0, 0.05) is 49.0 Å². The zero-order valence-corrected chi connectivity index (χ0v) is 20.3. The van der Waals surface area contributed by atoms with Gasteiger partial charge in [0.1, 0.15) is 5.82 Å². The van der Waals surface area contributed by atoms with Crippen LogP contribution in [0, 0.1) is 17.7 Å². The van der Waals surface area contributed by atoms with E-state index in [0.717, 1.165) is 54.9 Å². The fraction of sp³-hybridized carbons (Fsp3) is 0.423. The second kappa shape index (κ2) is 9.39. The monoisotopic (exact) mass is 478 g/mol. The van der Waals surface area contributed by atoms with Crippen LogP contribution in [0.5, 0.6) is 5.75 Å². The van der Waals surface area contributed by atoms with Gasteiger partial charge in [0.2, 0.25) is 5.91 Å². The molecule has 3 N–H and O–H groups in total. The minimum absolute atomic E-state index is 0.164. The standard InChI is InChI=1S/C26H31FN6O2/c1-15(28)26(34)32(2)25-5-4-16(12-30-25)21-9-23(33-13-17-6-7-29-11-18(17)14-33)19-8-20(27)24(35-3)10-22(19)31-21/h4-5,8-10,12,15,17-18,29H,6-7,11,13-14,28H2,1-3H3. The number of amides is 1. The molecule has 2 aromatic heterocycles. The summed E-state index contributed by atoms with van der Waals surface area (Å²) in [7, 11) is 3.11. The average molecular weight is 479 g/mol. The predicted octanol–water partition coefficient (Wildman–Crippen LogP) is 2.80. The number of aromatic nitrogens is 2. The Morgan fingerprint density at radius 1 is 1.29 bits per heavy atom. The molecule has 8 nitrogen and oxygen atoms in total. The van der Waals surface area contributed by atoms with Gasteiger partial charge >= 0.3 is 0 Å². The average Bonchev–Trinajstić information content (AvgIpc) is 3.31. The summed E-state index contributed by atoms with van der Waals surface area (Å²) in [6.45, 7) is 5.57. The second-order valence-corrected chi connectivity index (χ2v) is 9.54. The first-order valence-electron chi connectivity index (χ1n) is 12.0. The van der Waals surface area contributed by atoms with Crippen molar-refractivity contribution in [1.29, 1.82) is 0 Å². The normalized spacial score (nSPS) is 20.5. The summed E-state index contributed by atoms with van der Waals surface area (Å²) in [5.41, 5.74) is 8.90. The Morgan fingerprint density at radius 3 is 2.77 bits per heavy atom. The third kappa shape index (κ3) is 4.41. The van der Waals surface area contributed by atoms with Crippen LogP contribution in [-0.4, -0.2) is 62.3 Å². The molecule has 0 saturated carbocycles. The van der Waals surface area contributed by atoms with Gasteiger partial charge in [-0.05, 0) is 62.5 Å². The van der Waals surface area contributed by atoms with Crippen molar-refractivity contribution in [3.8, 4) is 17.0 Å². The number of likely N-dealkylation sites (N-methyl/N-ethyl adjacent to an activating group) is 1. The van der Waals surface area contributed by atoms with Crippen LogP contribution in [0.1, 0.15) is 13.3 Å². The van der Waals surface area contributed by atoms with Crippen molar-refractivity contribution < 1.29 is 13.9 Å². The topological polar surface area (TPSA) is 96.6 Å². The molecule has 1 amide bonds. The van der Waals surface area contributed by atoms with E-state index >= 15 is 0 Å². The summed E-state index contributed by atoms with van der Waals surface area (Å²) in [5.74, 6) is 1.27. The van der Waals surface area contributed by atoms with Gasteiger partial charge in [0.05, 0.1) is 24.4 Å². The number of hydrogen-bond acceptors (Lipinski definition) is 7. The Hall–Kier alpha value is -3.30. The van der Waals surface area contributed by atoms with Crippen LogP contribution in [0.15, 0.2) is 36.5 Å². The van der Waals surface area contributed by atoms with E-state index in [1.807, 2.05) is 12.1 Å². The number of nitrogens with zero attached hydrogens (tertiary/aromatic N) is 4. The van der Waals surface area contributed by atoms with Gasteiger partial charge in [-0.2, -0.15) is 0 Å². The predicted molar refractivity (Wildman–Crippen MR) is 135 cm³/mol. The number of pyridine rings is 2. The molecule has 2 saturated heterocycles. The molecule has 0 radical (unpaired) electrons. The number of halogens is 1. The highest BCUT2D eigenvalue weighted by atomic mass is 19.1. The lowest BCUT2D eigenvalue weighted by atomic mass is 9.90. The number of carbonyl (C=O) groups excluding carboxylic acids is 1. The maximum absolute atomic E-state index is 14.7. The van der Waals surface area contributed by atoms with Crippen molar-refractivity contribution in [2.45, 2.75) is 19.4 Å². The van der Waals surface area contributed by atoms with Crippen molar-refractivity contribution in [2.24, 2.45) is 17.6 Å². The quantitative estimate of drug-likeness (QED) is 0.582. The fourth-order valence-electron chi connectivity index (χ4n) is 5.20. The van der Waals surface area contributed by atoms with E-state index in [1.165, 1.54) is 18.1 Å². The highest BCUT2D eigenvalue weighted by Gasteiger charge is 2.35. The number of fused-ring (bicyclic) bond motifs is 2. The van der Waals surface area contributed by atoms with Crippen LogP contribution in [0.2, 0.25) is 0 Å². The number of ether oxygens (including phenoxy) is 1. The van der Waals surface area contributed by atoms with E-state index in [-0.39, 0.29) is 11.7 Å². The molecule has 0 bridgehead atoms. The van der Waals surface area contributed by atoms with E-state index in [9.17, 15) is 9.18 Å². The van der Waals surface area contributed by atoms with E-state index in [2.05, 4.69) is 15.2 Å². The highest BCUT2D eigenvalue weighted by Crippen LogP contribution is 2.39. The molecule has 2 aliphatic heterocycles. The lowest BCUT2D eigenvalue weighted by Gasteiger charge is -2.23. The zero-order valence-electron chi connectivity index (χ0n) is 20.3. The van der Waals surface area contributed by atoms with Gasteiger partial charge in [-0.15, -0.1) is 0 Å². The molecular formula is C26H31FN6O2. The van der Waals surface area contributed by atoms with Gasteiger partial charge in [-0.25, -0.2) is 14.4 Å². The second-order valence-electron chi connectivity index (χ2n) is 9.54. The molecule has 3 unspecified atom stereocenters. The fourth-order valence-corrected chi connectivity index (χ4v) is 5.20. The zero-order chi connectivity index (χ0) is 24.7. The number of rotatable bonds is 5. The van der Waals surface area contributed by atoms with Crippen molar-refractivity contribution in [3.05, 3.63) is 42.3 Å². The number of benzene rings is 1. The van der Waals surface area contributed by atoms with Crippen molar-refractivity contribution >= 4 is 28.3 Å². The first kappa shape index (κ1) is 23.4. The number of piperidine rings is 1. The lowest BCUT2D eigenvalue weighted by Crippen LogP contribution is -2.40. The number of hydrogen-bond donors (Lipinski definition) is 2. The Labute approximate surface area is 204 Å². The van der Waals surface area contributed by atoms with Crippen molar-refractivity contribution in [2.75, 3.05) is 50.1 Å². The molecule has 5 rings (SSSR count). The maximum atomic E-state index is 14.7. The molecule has 2 aliphatic rings. The molecule has 3 atom stereocenters. The van der Waals surface area contributed by atoms with E-state index in [0.29, 0.717) is 23.2 Å². The van der Waals surface area contributed by atoms with Gasteiger partial charge in [0.25, 0.3) is 0 Å². The minimum Gasteiger partial charge on any atom is -0.494 e. The molecule has 35 heavy (non-hydrogen) atoms. The first-order chi connectivity index (χ1) is 16.9. The maximum Gasteiger partial charge on any atom is 0.244 e. The molecule has 1 aromatic carbocycles. The van der Waals surface area contributed by atoms with Gasteiger partial charge in [-0.3, -0.25) is 9.69 Å². The van der Waals surface area contributed by atoms with Crippen molar-refractivity contribution in [1.82, 2.24) is 15.3 Å². The molecule has 9 heteroatoms.